The van der Waals surface area contributed by atoms with Gasteiger partial charge in [0.25, 0.3) is 0 Å². The molecule has 1 unspecified atom stereocenters. The molecular formula is C19H26N4O3S. The van der Waals surface area contributed by atoms with Crippen LogP contribution < -0.4 is 5.32 Å². The van der Waals surface area contributed by atoms with E-state index < -0.39 is 16.1 Å². The van der Waals surface area contributed by atoms with Crippen molar-refractivity contribution in [1.29, 1.82) is 0 Å². The van der Waals surface area contributed by atoms with E-state index in [0.717, 1.165) is 17.5 Å². The first-order valence-electron chi connectivity index (χ1n) is 9.32. The van der Waals surface area contributed by atoms with E-state index in [1.165, 1.54) is 4.31 Å². The van der Waals surface area contributed by atoms with E-state index in [0.29, 0.717) is 32.5 Å². The zero-order valence-electron chi connectivity index (χ0n) is 15.5. The minimum absolute atomic E-state index is 0.0868. The molecule has 1 amide bonds. The molecule has 7 nitrogen and oxygen atoms in total. The largest absolute Gasteiger partial charge is 0.351 e. The maximum atomic E-state index is 12.7. The smallest absolute Gasteiger partial charge is 0.238 e. The molecule has 1 atom stereocenters. The first-order valence-corrected chi connectivity index (χ1v) is 10.9. The summed E-state index contributed by atoms with van der Waals surface area (Å²) in [5, 5.41) is 7.15. The van der Waals surface area contributed by atoms with Crippen LogP contribution in [0.3, 0.4) is 0 Å². The third-order valence-corrected chi connectivity index (χ3v) is 6.86. The van der Waals surface area contributed by atoms with Gasteiger partial charge in [-0.3, -0.25) is 9.48 Å². The van der Waals surface area contributed by atoms with E-state index in [-0.39, 0.29) is 11.7 Å². The van der Waals surface area contributed by atoms with E-state index in [1.807, 2.05) is 48.1 Å². The zero-order valence-corrected chi connectivity index (χ0v) is 16.4. The van der Waals surface area contributed by atoms with E-state index in [2.05, 4.69) is 10.4 Å². The number of benzene rings is 1. The van der Waals surface area contributed by atoms with Crippen LogP contribution in [0.2, 0.25) is 0 Å². The van der Waals surface area contributed by atoms with E-state index in [9.17, 15) is 13.2 Å². The van der Waals surface area contributed by atoms with Crippen LogP contribution in [0.1, 0.15) is 37.3 Å². The van der Waals surface area contributed by atoms with Gasteiger partial charge in [-0.05, 0) is 36.5 Å². The predicted molar refractivity (Wildman–Crippen MR) is 103 cm³/mol. The fourth-order valence-electron chi connectivity index (χ4n) is 3.46. The third-order valence-electron chi connectivity index (χ3n) is 4.79. The molecule has 0 bridgehead atoms. The van der Waals surface area contributed by atoms with E-state index in [4.69, 9.17) is 0 Å². The van der Waals surface area contributed by atoms with Crippen molar-refractivity contribution in [3.63, 3.8) is 0 Å². The Balaban J connectivity index is 1.66. The molecule has 3 rings (SSSR count). The van der Waals surface area contributed by atoms with Crippen molar-refractivity contribution in [2.75, 3.05) is 12.3 Å². The molecule has 0 radical (unpaired) electrons. The summed E-state index contributed by atoms with van der Waals surface area (Å²) >= 11 is 0. The van der Waals surface area contributed by atoms with Crippen LogP contribution in [-0.2, 0) is 27.9 Å². The normalized spacial score (nSPS) is 17.9. The molecule has 146 valence electrons. The Morgan fingerprint density at radius 1 is 1.26 bits per heavy atom. The van der Waals surface area contributed by atoms with Crippen LogP contribution in [-0.4, -0.2) is 46.8 Å². The molecule has 0 aliphatic carbocycles. The van der Waals surface area contributed by atoms with Gasteiger partial charge in [0, 0.05) is 25.5 Å². The number of aromatic nitrogens is 2. The summed E-state index contributed by atoms with van der Waals surface area (Å²) in [6.07, 6.45) is 5.47. The summed E-state index contributed by atoms with van der Waals surface area (Å²) in [6, 6.07) is 9.15. The Hall–Kier alpha value is -2.19. The molecule has 1 aromatic heterocycles. The maximum absolute atomic E-state index is 12.7. The summed E-state index contributed by atoms with van der Waals surface area (Å²) in [7, 11) is -3.37. The number of hydrogen-bond donors (Lipinski definition) is 1. The Bertz CT molecular complexity index is 865. The first kappa shape index (κ1) is 19.6. The van der Waals surface area contributed by atoms with Crippen LogP contribution in [0.5, 0.6) is 0 Å². The highest BCUT2D eigenvalue weighted by atomic mass is 32.2. The van der Waals surface area contributed by atoms with Crippen LogP contribution in [0, 0.1) is 0 Å². The number of nitrogens with one attached hydrogen (secondary N) is 1. The van der Waals surface area contributed by atoms with Gasteiger partial charge in [0.1, 0.15) is 6.04 Å². The monoisotopic (exact) mass is 390 g/mol. The highest BCUT2D eigenvalue weighted by molar-refractivity contribution is 7.89. The maximum Gasteiger partial charge on any atom is 0.238 e. The third kappa shape index (κ3) is 4.75. The fourth-order valence-corrected chi connectivity index (χ4v) is 5.21. The molecule has 1 saturated heterocycles. The molecule has 8 heteroatoms. The molecule has 0 spiro atoms. The van der Waals surface area contributed by atoms with Crippen molar-refractivity contribution in [1.82, 2.24) is 19.4 Å². The van der Waals surface area contributed by atoms with Gasteiger partial charge in [0.05, 0.1) is 12.3 Å². The Morgan fingerprint density at radius 2 is 2.04 bits per heavy atom. The van der Waals surface area contributed by atoms with Crippen LogP contribution in [0.15, 0.2) is 42.7 Å². The zero-order chi connectivity index (χ0) is 19.3. The number of carbonyl (C=O) groups excluding carboxylic acids is 1. The number of amides is 1. The number of hydrogen-bond acceptors (Lipinski definition) is 4. The van der Waals surface area contributed by atoms with Crippen molar-refractivity contribution in [3.05, 3.63) is 53.9 Å². The average Bonchev–Trinajstić information content (AvgIpc) is 3.32. The fraction of sp³-hybridized carbons (Fsp3) is 0.474. The van der Waals surface area contributed by atoms with E-state index >= 15 is 0 Å². The number of carbonyl (C=O) groups is 1. The molecule has 1 fully saturated rings. The van der Waals surface area contributed by atoms with Gasteiger partial charge in [-0.25, -0.2) is 8.42 Å². The molecule has 1 aliphatic heterocycles. The van der Waals surface area contributed by atoms with Crippen molar-refractivity contribution < 1.29 is 13.2 Å². The number of nitrogens with zero attached hydrogens (tertiary/aromatic N) is 3. The van der Waals surface area contributed by atoms with Gasteiger partial charge in [-0.1, -0.05) is 31.2 Å². The second kappa shape index (κ2) is 8.67. The summed E-state index contributed by atoms with van der Waals surface area (Å²) < 4.78 is 28.0. The van der Waals surface area contributed by atoms with Crippen molar-refractivity contribution in [2.24, 2.45) is 0 Å². The number of sulfonamides is 1. The van der Waals surface area contributed by atoms with Gasteiger partial charge >= 0.3 is 0 Å². The quantitative estimate of drug-likeness (QED) is 0.744. The molecule has 1 aromatic carbocycles. The minimum Gasteiger partial charge on any atom is -0.351 e. The predicted octanol–water partition coefficient (Wildman–Crippen LogP) is 1.75. The summed E-state index contributed by atoms with van der Waals surface area (Å²) in [4.78, 5) is 12.7. The van der Waals surface area contributed by atoms with Crippen molar-refractivity contribution in [3.8, 4) is 0 Å². The van der Waals surface area contributed by atoms with Crippen LogP contribution in [0.25, 0.3) is 0 Å². The van der Waals surface area contributed by atoms with Gasteiger partial charge in [0.15, 0.2) is 0 Å². The standard InChI is InChI=1S/C19H26N4O3S/c1-2-13-27(25,26)23-12-5-9-18(23)19(24)20-14-16-7-3-4-8-17(16)15-22-11-6-10-21-22/h3-4,6-8,10-11,18H,2,5,9,12-15H2,1H3,(H,20,24). The van der Waals surface area contributed by atoms with Gasteiger partial charge in [-0.2, -0.15) is 9.40 Å². The highest BCUT2D eigenvalue weighted by Crippen LogP contribution is 2.22. The molecule has 2 heterocycles. The number of rotatable bonds is 8. The lowest BCUT2D eigenvalue weighted by Crippen LogP contribution is -2.46. The molecule has 1 aliphatic rings. The lowest BCUT2D eigenvalue weighted by Gasteiger charge is -2.23. The molecule has 2 aromatic rings. The highest BCUT2D eigenvalue weighted by Gasteiger charge is 2.37. The SMILES string of the molecule is CCCS(=O)(=O)N1CCCC1C(=O)NCc1ccccc1Cn1cccn1. The molecule has 0 saturated carbocycles. The molecule has 1 N–H and O–H groups in total. The first-order chi connectivity index (χ1) is 13.0. The Kier molecular flexibility index (Phi) is 6.28. The van der Waals surface area contributed by atoms with Crippen LogP contribution in [0.4, 0.5) is 0 Å². The summed E-state index contributed by atoms with van der Waals surface area (Å²) in [5.74, 6) is -0.134. The summed E-state index contributed by atoms with van der Waals surface area (Å²) in [6.45, 7) is 3.25. The van der Waals surface area contributed by atoms with Gasteiger partial charge < -0.3 is 5.32 Å². The average molecular weight is 391 g/mol. The summed E-state index contributed by atoms with van der Waals surface area (Å²) in [5.41, 5.74) is 2.07. The molecular weight excluding hydrogens is 364 g/mol. The Labute approximate surface area is 160 Å². The van der Waals surface area contributed by atoms with Crippen LogP contribution >= 0.6 is 0 Å². The lowest BCUT2D eigenvalue weighted by atomic mass is 10.1. The molecule has 27 heavy (non-hydrogen) atoms. The topological polar surface area (TPSA) is 84.3 Å². The Morgan fingerprint density at radius 3 is 2.74 bits per heavy atom. The van der Waals surface area contributed by atoms with Gasteiger partial charge in [0.2, 0.25) is 15.9 Å². The van der Waals surface area contributed by atoms with Crippen molar-refractivity contribution >= 4 is 15.9 Å². The lowest BCUT2D eigenvalue weighted by molar-refractivity contribution is -0.124. The van der Waals surface area contributed by atoms with E-state index in [1.54, 1.807) is 6.20 Å². The van der Waals surface area contributed by atoms with Crippen molar-refractivity contribution in [2.45, 2.75) is 45.3 Å². The second-order valence-corrected chi connectivity index (χ2v) is 8.82. The second-order valence-electron chi connectivity index (χ2n) is 6.77. The minimum atomic E-state index is -3.37. The van der Waals surface area contributed by atoms with Gasteiger partial charge in [-0.15, -0.1) is 0 Å².